The Balaban J connectivity index is 1.88. The van der Waals surface area contributed by atoms with E-state index in [4.69, 9.17) is 14.2 Å². The van der Waals surface area contributed by atoms with E-state index in [1.54, 1.807) is 36.8 Å². The maximum absolute atomic E-state index is 11.8. The number of amides is 1. The van der Waals surface area contributed by atoms with Gasteiger partial charge in [-0.15, -0.1) is 11.3 Å². The van der Waals surface area contributed by atoms with Crippen molar-refractivity contribution in [2.24, 2.45) is 0 Å². The first-order valence-corrected chi connectivity index (χ1v) is 8.60. The van der Waals surface area contributed by atoms with E-state index in [0.717, 1.165) is 10.0 Å². The lowest BCUT2D eigenvalue weighted by Gasteiger charge is -2.12. The molecule has 0 saturated heterocycles. The van der Waals surface area contributed by atoms with E-state index in [1.165, 1.54) is 18.4 Å². The van der Waals surface area contributed by atoms with Crippen LogP contribution in [0, 0.1) is 0 Å². The van der Waals surface area contributed by atoms with Gasteiger partial charge in [0.15, 0.2) is 11.5 Å². The number of halogens is 1. The van der Waals surface area contributed by atoms with Crippen LogP contribution in [0.5, 0.6) is 11.5 Å². The van der Waals surface area contributed by atoms with Gasteiger partial charge in [0.2, 0.25) is 0 Å². The second-order valence-electron chi connectivity index (χ2n) is 4.62. The number of carbonyl (C=O) groups is 2. The van der Waals surface area contributed by atoms with Crippen molar-refractivity contribution >= 4 is 39.1 Å². The average molecular weight is 414 g/mol. The minimum Gasteiger partial charge on any atom is -0.493 e. The third-order valence-corrected chi connectivity index (χ3v) is 4.69. The number of esters is 1. The topological polar surface area (TPSA) is 73.9 Å². The van der Waals surface area contributed by atoms with Gasteiger partial charge in [-0.3, -0.25) is 9.59 Å². The predicted octanol–water partition coefficient (Wildman–Crippen LogP) is 3.00. The molecular weight excluding hydrogens is 398 g/mol. The summed E-state index contributed by atoms with van der Waals surface area (Å²) in [6.45, 7) is -0.143. The first kappa shape index (κ1) is 18.3. The highest BCUT2D eigenvalue weighted by molar-refractivity contribution is 9.10. The minimum absolute atomic E-state index is 0.0502. The average Bonchev–Trinajstić information content (AvgIpc) is 3.12. The van der Waals surface area contributed by atoms with Crippen LogP contribution in [-0.2, 0) is 16.1 Å². The SMILES string of the molecule is COc1cc(Br)c(COC(=O)CNC(=O)c2cccs2)cc1OC. The molecule has 1 heterocycles. The summed E-state index contributed by atoms with van der Waals surface area (Å²) in [5, 5.41) is 4.31. The molecule has 128 valence electrons. The lowest BCUT2D eigenvalue weighted by molar-refractivity contribution is -0.143. The van der Waals surface area contributed by atoms with Crippen molar-refractivity contribution < 1.29 is 23.8 Å². The molecule has 0 spiro atoms. The van der Waals surface area contributed by atoms with Crippen molar-refractivity contribution in [3.63, 3.8) is 0 Å². The van der Waals surface area contributed by atoms with Crippen LogP contribution in [0.2, 0.25) is 0 Å². The zero-order valence-electron chi connectivity index (χ0n) is 13.1. The summed E-state index contributed by atoms with van der Waals surface area (Å²) in [4.78, 5) is 24.1. The second-order valence-corrected chi connectivity index (χ2v) is 6.42. The van der Waals surface area contributed by atoms with E-state index >= 15 is 0 Å². The number of rotatable bonds is 7. The molecule has 0 atom stereocenters. The largest absolute Gasteiger partial charge is 0.493 e. The zero-order valence-corrected chi connectivity index (χ0v) is 15.5. The molecule has 2 rings (SSSR count). The van der Waals surface area contributed by atoms with Crippen molar-refractivity contribution in [1.82, 2.24) is 5.32 Å². The lowest BCUT2D eigenvalue weighted by atomic mass is 10.2. The first-order valence-electron chi connectivity index (χ1n) is 6.93. The van der Waals surface area contributed by atoms with Crippen molar-refractivity contribution in [3.05, 3.63) is 44.6 Å². The van der Waals surface area contributed by atoms with Crippen LogP contribution in [0.3, 0.4) is 0 Å². The van der Waals surface area contributed by atoms with Gasteiger partial charge in [-0.25, -0.2) is 0 Å². The van der Waals surface area contributed by atoms with Crippen LogP contribution in [0.25, 0.3) is 0 Å². The van der Waals surface area contributed by atoms with Gasteiger partial charge in [0.25, 0.3) is 5.91 Å². The molecule has 1 amide bonds. The van der Waals surface area contributed by atoms with Gasteiger partial charge in [0, 0.05) is 10.0 Å². The van der Waals surface area contributed by atoms with Crippen LogP contribution in [0.1, 0.15) is 15.2 Å². The normalized spacial score (nSPS) is 10.1. The molecule has 1 N–H and O–H groups in total. The van der Waals surface area contributed by atoms with E-state index in [9.17, 15) is 9.59 Å². The molecule has 1 aromatic carbocycles. The molecule has 24 heavy (non-hydrogen) atoms. The number of carbonyl (C=O) groups excluding carboxylic acids is 2. The maximum atomic E-state index is 11.8. The highest BCUT2D eigenvalue weighted by atomic mass is 79.9. The molecule has 0 aliphatic carbocycles. The Morgan fingerprint density at radius 3 is 2.54 bits per heavy atom. The Hall–Kier alpha value is -2.06. The van der Waals surface area contributed by atoms with Crippen molar-refractivity contribution in [2.45, 2.75) is 6.61 Å². The van der Waals surface area contributed by atoms with E-state index in [2.05, 4.69) is 21.2 Å². The summed E-state index contributed by atoms with van der Waals surface area (Å²) in [6.07, 6.45) is 0. The molecule has 1 aromatic heterocycles. The van der Waals surface area contributed by atoms with Gasteiger partial charge in [0.1, 0.15) is 13.2 Å². The smallest absolute Gasteiger partial charge is 0.325 e. The number of hydrogen-bond donors (Lipinski definition) is 1. The summed E-state index contributed by atoms with van der Waals surface area (Å²) in [6, 6.07) is 6.92. The summed E-state index contributed by atoms with van der Waals surface area (Å²) in [5.41, 5.74) is 0.727. The van der Waals surface area contributed by atoms with E-state index in [0.29, 0.717) is 16.4 Å². The molecule has 2 aromatic rings. The minimum atomic E-state index is -0.526. The number of thiophene rings is 1. The van der Waals surface area contributed by atoms with E-state index < -0.39 is 5.97 Å². The Morgan fingerprint density at radius 1 is 1.21 bits per heavy atom. The molecule has 0 bridgehead atoms. The molecule has 0 fully saturated rings. The van der Waals surface area contributed by atoms with Gasteiger partial charge >= 0.3 is 5.97 Å². The van der Waals surface area contributed by atoms with Crippen molar-refractivity contribution in [1.29, 1.82) is 0 Å². The number of hydrogen-bond acceptors (Lipinski definition) is 6. The van der Waals surface area contributed by atoms with Crippen LogP contribution in [0.4, 0.5) is 0 Å². The van der Waals surface area contributed by atoms with Crippen LogP contribution in [-0.4, -0.2) is 32.6 Å². The van der Waals surface area contributed by atoms with Crippen molar-refractivity contribution in [2.75, 3.05) is 20.8 Å². The van der Waals surface area contributed by atoms with Crippen LogP contribution >= 0.6 is 27.3 Å². The summed E-state index contributed by atoms with van der Waals surface area (Å²) < 4.78 is 16.3. The molecule has 0 radical (unpaired) electrons. The third-order valence-electron chi connectivity index (χ3n) is 3.08. The highest BCUT2D eigenvalue weighted by Crippen LogP contribution is 2.33. The first-order chi connectivity index (χ1) is 11.5. The van der Waals surface area contributed by atoms with Crippen LogP contribution < -0.4 is 14.8 Å². The number of methoxy groups -OCH3 is 2. The van der Waals surface area contributed by atoms with Gasteiger partial charge in [0.05, 0.1) is 19.1 Å². The fourth-order valence-corrected chi connectivity index (χ4v) is 2.94. The fourth-order valence-electron chi connectivity index (χ4n) is 1.86. The molecule has 0 unspecified atom stereocenters. The molecule has 0 aliphatic heterocycles. The zero-order chi connectivity index (χ0) is 17.5. The van der Waals surface area contributed by atoms with Crippen molar-refractivity contribution in [3.8, 4) is 11.5 Å². The molecular formula is C16H16BrNO5S. The quantitative estimate of drug-likeness (QED) is 0.706. The standard InChI is InChI=1S/C16H16BrNO5S/c1-21-12-6-10(11(17)7-13(12)22-2)9-23-15(19)8-18-16(20)14-4-3-5-24-14/h3-7H,8-9H2,1-2H3,(H,18,20). The maximum Gasteiger partial charge on any atom is 0.325 e. The Labute approximate surface area is 151 Å². The van der Waals surface area contributed by atoms with Gasteiger partial charge in [-0.1, -0.05) is 22.0 Å². The summed E-state index contributed by atoms with van der Waals surface area (Å²) in [5.74, 6) is 0.288. The Bertz CT molecular complexity index is 718. The Kier molecular flexibility index (Phi) is 6.62. The Morgan fingerprint density at radius 2 is 1.92 bits per heavy atom. The second kappa shape index (κ2) is 8.70. The van der Waals surface area contributed by atoms with Gasteiger partial charge in [-0.05, 0) is 23.6 Å². The summed E-state index contributed by atoms with van der Waals surface area (Å²) in [7, 11) is 3.07. The molecule has 0 aliphatic rings. The number of benzene rings is 1. The molecule has 6 nitrogen and oxygen atoms in total. The van der Waals surface area contributed by atoms with Crippen LogP contribution in [0.15, 0.2) is 34.1 Å². The number of nitrogens with one attached hydrogen (secondary N) is 1. The summed E-state index contributed by atoms with van der Waals surface area (Å²) >= 11 is 4.70. The lowest BCUT2D eigenvalue weighted by Crippen LogP contribution is -2.30. The fraction of sp³-hybridized carbons (Fsp3) is 0.250. The third kappa shape index (κ3) is 4.72. The van der Waals surface area contributed by atoms with Gasteiger partial charge < -0.3 is 19.5 Å². The monoisotopic (exact) mass is 413 g/mol. The number of ether oxygens (including phenoxy) is 3. The predicted molar refractivity (Wildman–Crippen MR) is 93.7 cm³/mol. The highest BCUT2D eigenvalue weighted by Gasteiger charge is 2.13. The van der Waals surface area contributed by atoms with E-state index in [-0.39, 0.29) is 19.1 Å². The van der Waals surface area contributed by atoms with E-state index in [1.807, 2.05) is 0 Å². The molecule has 0 saturated carbocycles. The van der Waals surface area contributed by atoms with Gasteiger partial charge in [-0.2, -0.15) is 0 Å². The molecule has 8 heteroatoms.